The smallest absolute Gasteiger partial charge is 0.262 e. The molecule has 2 aromatic rings. The number of ether oxygens (including phenoxy) is 2. The molecule has 0 heterocycles. The topological polar surface area (TPSA) is 59.6 Å². The number of hydrogen-bond donors (Lipinski definition) is 2. The summed E-state index contributed by atoms with van der Waals surface area (Å²) in [5.41, 5.74) is 4.08. The molecule has 2 atom stereocenters. The summed E-state index contributed by atoms with van der Waals surface area (Å²) >= 11 is 6.61. The van der Waals surface area contributed by atoms with Gasteiger partial charge in [0.15, 0.2) is 18.1 Å². The van der Waals surface area contributed by atoms with E-state index in [0.717, 1.165) is 29.3 Å². The van der Waals surface area contributed by atoms with Crippen molar-refractivity contribution in [3.63, 3.8) is 0 Å². The minimum atomic E-state index is -0.249. The second-order valence-corrected chi connectivity index (χ2v) is 12.5. The summed E-state index contributed by atoms with van der Waals surface area (Å²) in [7, 11) is 1.60. The summed E-state index contributed by atoms with van der Waals surface area (Å²) in [6.07, 6.45) is 7.93. The lowest BCUT2D eigenvalue weighted by atomic mass is 9.43. The number of anilines is 1. The highest BCUT2D eigenvalue weighted by Crippen LogP contribution is 2.66. The third-order valence-corrected chi connectivity index (χ3v) is 8.55. The van der Waals surface area contributed by atoms with Crippen molar-refractivity contribution in [1.82, 2.24) is 5.32 Å². The normalized spacial score (nSPS) is 30.8. The van der Waals surface area contributed by atoms with Gasteiger partial charge in [-0.1, -0.05) is 43.1 Å². The van der Waals surface area contributed by atoms with Gasteiger partial charge in [0.05, 0.1) is 12.1 Å². The standard InChI is InChI=1S/C29H37ClN2O3/c1-19-5-7-22(8-6-19)32-25(33)15-35-26-23(30)9-20(10-24(26)34-4)14-31-29-13-21-11-27(2,17-29)16-28(3,12-21)18-29/h5-10,21,31H,11-18H2,1-4H3,(H,32,33). The molecular weight excluding hydrogens is 460 g/mol. The first-order chi connectivity index (χ1) is 16.6. The highest BCUT2D eigenvalue weighted by atomic mass is 35.5. The molecule has 0 aliphatic heterocycles. The zero-order chi connectivity index (χ0) is 24.8. The minimum Gasteiger partial charge on any atom is -0.493 e. The van der Waals surface area contributed by atoms with Gasteiger partial charge in [0.25, 0.3) is 5.91 Å². The van der Waals surface area contributed by atoms with E-state index in [9.17, 15) is 4.79 Å². The van der Waals surface area contributed by atoms with Crippen LogP contribution in [0.1, 0.15) is 63.5 Å². The molecule has 5 nitrogen and oxygen atoms in total. The van der Waals surface area contributed by atoms with Crippen LogP contribution in [0.25, 0.3) is 0 Å². The summed E-state index contributed by atoms with van der Waals surface area (Å²) in [5.74, 6) is 1.53. The van der Waals surface area contributed by atoms with Gasteiger partial charge in [-0.05, 0) is 92.0 Å². The number of carbonyl (C=O) groups excluding carboxylic acids is 1. The number of benzene rings is 2. The summed E-state index contributed by atoms with van der Waals surface area (Å²) in [6.45, 7) is 7.58. The fourth-order valence-electron chi connectivity index (χ4n) is 7.92. The third kappa shape index (κ3) is 5.17. The van der Waals surface area contributed by atoms with Crippen LogP contribution in [0, 0.1) is 23.7 Å². The third-order valence-electron chi connectivity index (χ3n) is 8.27. The molecule has 4 aliphatic rings. The number of carbonyl (C=O) groups is 1. The molecule has 2 aromatic carbocycles. The van der Waals surface area contributed by atoms with Crippen molar-refractivity contribution in [2.75, 3.05) is 19.0 Å². The Balaban J connectivity index is 1.23. The number of halogens is 1. The van der Waals surface area contributed by atoms with E-state index in [2.05, 4.69) is 24.5 Å². The van der Waals surface area contributed by atoms with Gasteiger partial charge in [-0.2, -0.15) is 0 Å². The first kappa shape index (κ1) is 24.5. The van der Waals surface area contributed by atoms with Gasteiger partial charge in [-0.3, -0.25) is 4.79 Å². The SMILES string of the molecule is COc1cc(CNC23CC4CC(C)(CC(C)(C4)C2)C3)cc(Cl)c1OCC(=O)Nc1ccc(C)cc1. The molecule has 2 unspecified atom stereocenters. The number of aryl methyl sites for hydroxylation is 1. The van der Waals surface area contributed by atoms with E-state index < -0.39 is 0 Å². The van der Waals surface area contributed by atoms with Crippen LogP contribution in [0.5, 0.6) is 11.5 Å². The molecule has 6 heteroatoms. The number of amides is 1. The van der Waals surface area contributed by atoms with Crippen LogP contribution in [0.2, 0.25) is 5.02 Å². The molecule has 35 heavy (non-hydrogen) atoms. The minimum absolute atomic E-state index is 0.150. The Morgan fingerprint density at radius 2 is 1.74 bits per heavy atom. The highest BCUT2D eigenvalue weighted by molar-refractivity contribution is 6.32. The van der Waals surface area contributed by atoms with E-state index in [4.69, 9.17) is 21.1 Å². The molecular formula is C29H37ClN2O3. The molecule has 4 saturated carbocycles. The lowest BCUT2D eigenvalue weighted by Gasteiger charge is -2.65. The Hall–Kier alpha value is -2.24. The molecule has 6 rings (SSSR count). The number of hydrogen-bond acceptors (Lipinski definition) is 4. The van der Waals surface area contributed by atoms with Crippen LogP contribution in [0.3, 0.4) is 0 Å². The monoisotopic (exact) mass is 496 g/mol. The molecule has 1 amide bonds. The maximum atomic E-state index is 12.4. The van der Waals surface area contributed by atoms with Crippen molar-refractivity contribution >= 4 is 23.2 Å². The van der Waals surface area contributed by atoms with Crippen molar-refractivity contribution < 1.29 is 14.3 Å². The molecule has 4 aliphatic carbocycles. The second-order valence-electron chi connectivity index (χ2n) is 12.1. The zero-order valence-electron chi connectivity index (χ0n) is 21.3. The molecule has 2 N–H and O–H groups in total. The molecule has 4 bridgehead atoms. The van der Waals surface area contributed by atoms with Gasteiger partial charge in [0.1, 0.15) is 0 Å². The summed E-state index contributed by atoms with van der Waals surface area (Å²) in [6, 6.07) is 11.5. The van der Waals surface area contributed by atoms with Crippen LogP contribution >= 0.6 is 11.6 Å². The average Bonchev–Trinajstić information content (AvgIpc) is 2.76. The number of nitrogens with one attached hydrogen (secondary N) is 2. The predicted molar refractivity (Wildman–Crippen MR) is 140 cm³/mol. The Kier molecular flexibility index (Phi) is 6.29. The van der Waals surface area contributed by atoms with Crippen molar-refractivity contribution in [2.24, 2.45) is 16.7 Å². The van der Waals surface area contributed by atoms with Gasteiger partial charge < -0.3 is 20.1 Å². The molecule has 0 saturated heterocycles. The summed E-state index contributed by atoms with van der Waals surface area (Å²) in [4.78, 5) is 12.4. The number of rotatable bonds is 8. The Bertz CT molecular complexity index is 1100. The number of methoxy groups -OCH3 is 1. The van der Waals surface area contributed by atoms with Crippen molar-refractivity contribution in [3.8, 4) is 11.5 Å². The van der Waals surface area contributed by atoms with Gasteiger partial charge >= 0.3 is 0 Å². The zero-order valence-corrected chi connectivity index (χ0v) is 22.1. The first-order valence-electron chi connectivity index (χ1n) is 12.7. The van der Waals surface area contributed by atoms with Crippen molar-refractivity contribution in [2.45, 2.75) is 71.4 Å². The van der Waals surface area contributed by atoms with E-state index in [1.807, 2.05) is 43.3 Å². The molecule has 188 valence electrons. The van der Waals surface area contributed by atoms with Crippen LogP contribution in [-0.4, -0.2) is 25.2 Å². The van der Waals surface area contributed by atoms with E-state index in [1.54, 1.807) is 7.11 Å². The largest absolute Gasteiger partial charge is 0.493 e. The van der Waals surface area contributed by atoms with E-state index in [0.29, 0.717) is 27.4 Å². The van der Waals surface area contributed by atoms with Crippen molar-refractivity contribution in [1.29, 1.82) is 0 Å². The Morgan fingerprint density at radius 3 is 2.37 bits per heavy atom. The molecule has 0 radical (unpaired) electrons. The fraction of sp³-hybridized carbons (Fsp3) is 0.552. The second kappa shape index (κ2) is 9.01. The van der Waals surface area contributed by atoms with Gasteiger partial charge in [0.2, 0.25) is 0 Å². The molecule has 0 aromatic heterocycles. The maximum absolute atomic E-state index is 12.4. The quantitative estimate of drug-likeness (QED) is 0.437. The lowest BCUT2D eigenvalue weighted by Crippen LogP contribution is -2.63. The van der Waals surface area contributed by atoms with Crippen LogP contribution in [-0.2, 0) is 11.3 Å². The molecule has 4 fully saturated rings. The van der Waals surface area contributed by atoms with Gasteiger partial charge in [-0.15, -0.1) is 0 Å². The van der Waals surface area contributed by atoms with Crippen LogP contribution < -0.4 is 20.1 Å². The van der Waals surface area contributed by atoms with Crippen molar-refractivity contribution in [3.05, 3.63) is 52.5 Å². The Morgan fingerprint density at radius 1 is 1.06 bits per heavy atom. The van der Waals surface area contributed by atoms with Crippen LogP contribution in [0.15, 0.2) is 36.4 Å². The van der Waals surface area contributed by atoms with E-state index in [-0.39, 0.29) is 18.1 Å². The maximum Gasteiger partial charge on any atom is 0.262 e. The lowest BCUT2D eigenvalue weighted by molar-refractivity contribution is -0.118. The molecule has 0 spiro atoms. The summed E-state index contributed by atoms with van der Waals surface area (Å²) in [5, 5.41) is 7.25. The summed E-state index contributed by atoms with van der Waals surface area (Å²) < 4.78 is 11.4. The first-order valence-corrected chi connectivity index (χ1v) is 13.1. The van der Waals surface area contributed by atoms with Crippen LogP contribution in [0.4, 0.5) is 5.69 Å². The fourth-order valence-corrected chi connectivity index (χ4v) is 8.21. The predicted octanol–water partition coefficient (Wildman–Crippen LogP) is 6.51. The average molecular weight is 497 g/mol. The Labute approximate surface area is 213 Å². The van der Waals surface area contributed by atoms with E-state index in [1.165, 1.54) is 38.5 Å². The highest BCUT2D eigenvalue weighted by Gasteiger charge is 2.59. The van der Waals surface area contributed by atoms with Gasteiger partial charge in [0, 0.05) is 17.8 Å². The van der Waals surface area contributed by atoms with Gasteiger partial charge in [-0.25, -0.2) is 0 Å². The van der Waals surface area contributed by atoms with E-state index >= 15 is 0 Å².